The largest absolute Gasteiger partial charge is 0.484 e. The van der Waals surface area contributed by atoms with Gasteiger partial charge in [0.15, 0.2) is 11.7 Å². The molecule has 0 aliphatic heterocycles. The van der Waals surface area contributed by atoms with E-state index in [1.54, 1.807) is 23.7 Å². The molecule has 2 heterocycles. The van der Waals surface area contributed by atoms with E-state index in [1.165, 1.54) is 18.4 Å². The van der Waals surface area contributed by atoms with Gasteiger partial charge in [0.05, 0.1) is 12.8 Å². The van der Waals surface area contributed by atoms with E-state index in [4.69, 9.17) is 4.74 Å². The summed E-state index contributed by atoms with van der Waals surface area (Å²) in [7, 11) is 1.32. The van der Waals surface area contributed by atoms with E-state index in [2.05, 4.69) is 20.0 Å². The van der Waals surface area contributed by atoms with Crippen LogP contribution < -0.4 is 10.1 Å². The lowest BCUT2D eigenvalue weighted by Gasteiger charge is -2.06. The highest BCUT2D eigenvalue weighted by Gasteiger charge is 2.13. The van der Waals surface area contributed by atoms with Crippen molar-refractivity contribution in [2.45, 2.75) is 6.92 Å². The number of carbonyl (C=O) groups is 2. The Hall–Kier alpha value is -3.13. The van der Waals surface area contributed by atoms with E-state index in [0.29, 0.717) is 22.3 Å². The normalized spacial score (nSPS) is 10.4. The number of ether oxygens (including phenoxy) is 2. The summed E-state index contributed by atoms with van der Waals surface area (Å²) in [6.07, 6.45) is 1.66. The third kappa shape index (κ3) is 4.28. The van der Waals surface area contributed by atoms with Crippen LogP contribution in [0.5, 0.6) is 5.75 Å². The van der Waals surface area contributed by atoms with Gasteiger partial charge in [-0.05, 0) is 30.7 Å². The molecule has 7 nitrogen and oxygen atoms in total. The molecule has 1 aromatic carbocycles. The summed E-state index contributed by atoms with van der Waals surface area (Å²) in [5.41, 5.74) is 2.78. The molecule has 2 N–H and O–H groups in total. The third-order valence-corrected chi connectivity index (χ3v) is 4.25. The fraction of sp³-hybridized carbons (Fsp3) is 0.167. The number of methoxy groups -OCH3 is 1. The number of nitrogens with zero attached hydrogens (tertiary/aromatic N) is 1. The molecule has 26 heavy (non-hydrogen) atoms. The Morgan fingerprint density at radius 1 is 1.31 bits per heavy atom. The molecule has 0 bridgehead atoms. The van der Waals surface area contributed by atoms with Crippen LogP contribution in [0.3, 0.4) is 0 Å². The maximum Gasteiger partial charge on any atom is 0.354 e. The number of anilines is 1. The number of hydrogen-bond donors (Lipinski definition) is 2. The highest BCUT2D eigenvalue weighted by molar-refractivity contribution is 7.14. The topological polar surface area (TPSA) is 93.3 Å². The molecule has 0 aliphatic rings. The van der Waals surface area contributed by atoms with E-state index in [1.807, 2.05) is 25.1 Å². The molecule has 0 spiro atoms. The van der Waals surface area contributed by atoms with Crippen LogP contribution in [-0.2, 0) is 9.53 Å². The van der Waals surface area contributed by atoms with E-state index in [-0.39, 0.29) is 12.5 Å². The van der Waals surface area contributed by atoms with Crippen molar-refractivity contribution in [1.82, 2.24) is 9.97 Å². The average Bonchev–Trinajstić information content (AvgIpc) is 3.28. The van der Waals surface area contributed by atoms with E-state index in [0.717, 1.165) is 11.1 Å². The molecule has 0 saturated carbocycles. The summed E-state index contributed by atoms with van der Waals surface area (Å²) >= 11 is 1.29. The molecule has 0 fully saturated rings. The minimum absolute atomic E-state index is 0.102. The SMILES string of the molecule is COC(=O)c1cc(-c2csc(NC(=O)COc3cccc(C)c3)n2)c[nH]1. The number of aromatic amines is 1. The molecule has 1 amide bonds. The van der Waals surface area contributed by atoms with Crippen LogP contribution in [0.4, 0.5) is 5.13 Å². The van der Waals surface area contributed by atoms with Crippen molar-refractivity contribution < 1.29 is 19.1 Å². The number of H-pyrrole nitrogens is 1. The first-order chi connectivity index (χ1) is 12.5. The van der Waals surface area contributed by atoms with Crippen LogP contribution in [0, 0.1) is 6.92 Å². The number of thiazole rings is 1. The standard InChI is InChI=1S/C18H17N3O4S/c1-11-4-3-5-13(6-11)25-9-16(22)21-18-20-15(10-26-18)12-7-14(19-8-12)17(23)24-2/h3-8,10,19H,9H2,1-2H3,(H,20,21,22). The molecule has 0 unspecified atom stereocenters. The maximum atomic E-state index is 12.0. The molecule has 3 rings (SSSR count). The van der Waals surface area contributed by atoms with E-state index in [9.17, 15) is 9.59 Å². The Kier molecular flexibility index (Phi) is 5.33. The van der Waals surface area contributed by atoms with E-state index >= 15 is 0 Å². The summed E-state index contributed by atoms with van der Waals surface area (Å²) in [5, 5.41) is 4.95. The van der Waals surface area contributed by atoms with Crippen molar-refractivity contribution in [2.75, 3.05) is 19.0 Å². The van der Waals surface area contributed by atoms with Gasteiger partial charge in [0.2, 0.25) is 0 Å². The Morgan fingerprint density at radius 3 is 2.92 bits per heavy atom. The van der Waals surface area contributed by atoms with Crippen molar-refractivity contribution in [3.63, 3.8) is 0 Å². The van der Waals surface area contributed by atoms with Crippen LogP contribution in [0.2, 0.25) is 0 Å². The zero-order chi connectivity index (χ0) is 18.5. The summed E-state index contributed by atoms with van der Waals surface area (Å²) in [4.78, 5) is 30.7. The number of aryl methyl sites for hydroxylation is 1. The van der Waals surface area contributed by atoms with Crippen LogP contribution >= 0.6 is 11.3 Å². The monoisotopic (exact) mass is 371 g/mol. The van der Waals surface area contributed by atoms with Gasteiger partial charge in [-0.1, -0.05) is 12.1 Å². The molecule has 134 valence electrons. The predicted molar refractivity (Wildman–Crippen MR) is 98.5 cm³/mol. The highest BCUT2D eigenvalue weighted by atomic mass is 32.1. The quantitative estimate of drug-likeness (QED) is 0.649. The number of amides is 1. The molecule has 0 saturated heterocycles. The van der Waals surface area contributed by atoms with Crippen LogP contribution in [0.1, 0.15) is 16.1 Å². The number of esters is 1. The maximum absolute atomic E-state index is 12.0. The summed E-state index contributed by atoms with van der Waals surface area (Å²) < 4.78 is 10.1. The Bertz CT molecular complexity index is 932. The lowest BCUT2D eigenvalue weighted by molar-refractivity contribution is -0.118. The van der Waals surface area contributed by atoms with Crippen molar-refractivity contribution in [3.8, 4) is 17.0 Å². The Morgan fingerprint density at radius 2 is 2.15 bits per heavy atom. The third-order valence-electron chi connectivity index (χ3n) is 3.49. The molecule has 0 radical (unpaired) electrons. The van der Waals surface area contributed by atoms with Gasteiger partial charge < -0.3 is 14.5 Å². The number of aromatic nitrogens is 2. The number of nitrogens with one attached hydrogen (secondary N) is 2. The molecule has 8 heteroatoms. The first-order valence-electron chi connectivity index (χ1n) is 7.77. The van der Waals surface area contributed by atoms with Crippen molar-refractivity contribution in [2.24, 2.45) is 0 Å². The second kappa shape index (κ2) is 7.83. The predicted octanol–water partition coefficient (Wildman–Crippen LogP) is 3.25. The number of benzene rings is 1. The Balaban J connectivity index is 1.58. The van der Waals surface area contributed by atoms with E-state index < -0.39 is 5.97 Å². The molecular weight excluding hydrogens is 354 g/mol. The average molecular weight is 371 g/mol. The second-order valence-corrected chi connectivity index (χ2v) is 6.34. The fourth-order valence-corrected chi connectivity index (χ4v) is 2.98. The molecule has 0 aliphatic carbocycles. The van der Waals surface area contributed by atoms with Gasteiger partial charge in [-0.15, -0.1) is 11.3 Å². The van der Waals surface area contributed by atoms with Crippen LogP contribution in [0.15, 0.2) is 41.9 Å². The first kappa shape index (κ1) is 17.7. The van der Waals surface area contributed by atoms with Gasteiger partial charge in [0, 0.05) is 17.1 Å². The zero-order valence-corrected chi connectivity index (χ0v) is 15.1. The smallest absolute Gasteiger partial charge is 0.354 e. The lowest BCUT2D eigenvalue weighted by atomic mass is 10.2. The summed E-state index contributed by atoms with van der Waals surface area (Å²) in [5.74, 6) is -0.104. The summed E-state index contributed by atoms with van der Waals surface area (Å²) in [6.45, 7) is 1.85. The van der Waals surface area contributed by atoms with Gasteiger partial charge in [-0.3, -0.25) is 10.1 Å². The zero-order valence-electron chi connectivity index (χ0n) is 14.2. The van der Waals surface area contributed by atoms with Gasteiger partial charge in [-0.2, -0.15) is 0 Å². The van der Waals surface area contributed by atoms with Crippen LogP contribution in [-0.4, -0.2) is 35.6 Å². The Labute approximate surface area is 154 Å². The fourth-order valence-electron chi connectivity index (χ4n) is 2.24. The van der Waals surface area contributed by atoms with Crippen molar-refractivity contribution >= 4 is 28.3 Å². The van der Waals surface area contributed by atoms with Crippen LogP contribution in [0.25, 0.3) is 11.3 Å². The minimum Gasteiger partial charge on any atom is -0.484 e. The van der Waals surface area contributed by atoms with Gasteiger partial charge in [0.1, 0.15) is 11.4 Å². The van der Waals surface area contributed by atoms with Gasteiger partial charge in [0.25, 0.3) is 5.91 Å². The first-order valence-corrected chi connectivity index (χ1v) is 8.65. The molecular formula is C18H17N3O4S. The number of carbonyl (C=O) groups excluding carboxylic acids is 2. The van der Waals surface area contributed by atoms with Gasteiger partial charge >= 0.3 is 5.97 Å². The molecule has 3 aromatic rings. The van der Waals surface area contributed by atoms with Gasteiger partial charge in [-0.25, -0.2) is 9.78 Å². The second-order valence-electron chi connectivity index (χ2n) is 5.48. The minimum atomic E-state index is -0.451. The number of rotatable bonds is 6. The number of hydrogen-bond acceptors (Lipinski definition) is 6. The molecule has 0 atom stereocenters. The lowest BCUT2D eigenvalue weighted by Crippen LogP contribution is -2.20. The van der Waals surface area contributed by atoms with Crippen molar-refractivity contribution in [3.05, 3.63) is 53.2 Å². The van der Waals surface area contributed by atoms with Crippen molar-refractivity contribution in [1.29, 1.82) is 0 Å². The highest BCUT2D eigenvalue weighted by Crippen LogP contribution is 2.25. The molecule has 2 aromatic heterocycles. The summed E-state index contributed by atoms with van der Waals surface area (Å²) in [6, 6.07) is 9.13.